The average molecular weight is 482 g/mol. The average Bonchev–Trinajstić information content (AvgIpc) is 2.88. The van der Waals surface area contributed by atoms with Gasteiger partial charge in [0.05, 0.1) is 22.3 Å². The fourth-order valence-electron chi connectivity index (χ4n) is 3.99. The minimum Gasteiger partial charge on any atom is -0.478 e. The van der Waals surface area contributed by atoms with Gasteiger partial charge in [-0.3, -0.25) is 0 Å². The Balaban J connectivity index is 2.09. The minimum atomic E-state index is -1.40. The van der Waals surface area contributed by atoms with Crippen molar-refractivity contribution in [3.63, 3.8) is 0 Å². The molecule has 8 heteroatoms. The first-order valence-corrected chi connectivity index (χ1v) is 10.6. The molecule has 0 spiro atoms. The van der Waals surface area contributed by atoms with Gasteiger partial charge in [0.1, 0.15) is 0 Å². The summed E-state index contributed by atoms with van der Waals surface area (Å²) >= 11 is 0. The number of hydrogen-bond donors (Lipinski definition) is 4. The lowest BCUT2D eigenvalue weighted by molar-refractivity contribution is 0.0676. The molecule has 36 heavy (non-hydrogen) atoms. The van der Waals surface area contributed by atoms with Crippen LogP contribution in [-0.4, -0.2) is 44.3 Å². The summed E-state index contributed by atoms with van der Waals surface area (Å²) in [6, 6.07) is 21.8. The van der Waals surface area contributed by atoms with Crippen molar-refractivity contribution in [2.75, 3.05) is 0 Å². The van der Waals surface area contributed by atoms with Gasteiger partial charge in [-0.15, -0.1) is 0 Å². The number of aromatic carboxylic acids is 4. The molecule has 178 valence electrons. The molecule has 0 atom stereocenters. The maximum absolute atomic E-state index is 12.3. The standard InChI is InChI=1S/C28H18O8/c29-25(30)19-10-18(11-20(12-19)26(31)32)22-13-21(27(33)34)14-23(28(35)36)24(22)17-8-4-7-16(9-17)15-5-2-1-3-6-15/h1-14H,(H,29,30)(H,31,32)(H,33,34)(H,35,36). The fraction of sp³-hybridized carbons (Fsp3) is 0. The van der Waals surface area contributed by atoms with E-state index in [2.05, 4.69) is 0 Å². The van der Waals surface area contributed by atoms with Crippen LogP contribution in [0.5, 0.6) is 0 Å². The van der Waals surface area contributed by atoms with E-state index in [-0.39, 0.29) is 38.9 Å². The summed E-state index contributed by atoms with van der Waals surface area (Å²) in [6.45, 7) is 0. The van der Waals surface area contributed by atoms with E-state index in [0.29, 0.717) is 5.56 Å². The van der Waals surface area contributed by atoms with Gasteiger partial charge in [0.25, 0.3) is 0 Å². The van der Waals surface area contributed by atoms with Gasteiger partial charge in [-0.05, 0) is 64.2 Å². The number of rotatable bonds is 7. The third kappa shape index (κ3) is 4.69. The summed E-state index contributed by atoms with van der Waals surface area (Å²) < 4.78 is 0. The van der Waals surface area contributed by atoms with Crippen LogP contribution in [0.1, 0.15) is 41.4 Å². The first kappa shape index (κ1) is 23.9. The SMILES string of the molecule is O=C(O)c1cc(C(=O)O)cc(-c2cc(C(=O)O)cc(C(=O)O)c2-c2cccc(-c3ccccc3)c2)c1. The number of carboxylic acids is 4. The molecule has 0 radical (unpaired) electrons. The Kier molecular flexibility index (Phi) is 6.34. The molecule has 0 saturated heterocycles. The second-order valence-corrected chi connectivity index (χ2v) is 7.91. The fourth-order valence-corrected chi connectivity index (χ4v) is 3.99. The molecule has 0 saturated carbocycles. The van der Waals surface area contributed by atoms with Crippen LogP contribution in [0.3, 0.4) is 0 Å². The summed E-state index contributed by atoms with van der Waals surface area (Å²) in [5.74, 6) is -5.57. The maximum Gasteiger partial charge on any atom is 0.336 e. The quantitative estimate of drug-likeness (QED) is 0.270. The van der Waals surface area contributed by atoms with E-state index in [0.717, 1.165) is 23.3 Å². The van der Waals surface area contributed by atoms with Crippen molar-refractivity contribution >= 4 is 23.9 Å². The number of carbonyl (C=O) groups is 4. The van der Waals surface area contributed by atoms with E-state index < -0.39 is 23.9 Å². The van der Waals surface area contributed by atoms with Crippen molar-refractivity contribution in [1.29, 1.82) is 0 Å². The molecular weight excluding hydrogens is 464 g/mol. The van der Waals surface area contributed by atoms with E-state index in [9.17, 15) is 39.6 Å². The molecule has 0 amide bonds. The summed E-state index contributed by atoms with van der Waals surface area (Å²) in [6.07, 6.45) is 0. The Morgan fingerprint density at radius 3 is 1.53 bits per heavy atom. The number of carboxylic acid groups (broad SMARTS) is 4. The Labute approximate surface area is 204 Å². The van der Waals surface area contributed by atoms with Crippen LogP contribution in [-0.2, 0) is 0 Å². The van der Waals surface area contributed by atoms with Crippen molar-refractivity contribution in [3.05, 3.63) is 107 Å². The molecule has 4 N–H and O–H groups in total. The molecule has 0 fully saturated rings. The van der Waals surface area contributed by atoms with Crippen molar-refractivity contribution in [2.24, 2.45) is 0 Å². The predicted molar refractivity (Wildman–Crippen MR) is 131 cm³/mol. The van der Waals surface area contributed by atoms with Gasteiger partial charge in [0, 0.05) is 5.56 Å². The molecule has 0 aliphatic heterocycles. The molecule has 0 bridgehead atoms. The van der Waals surface area contributed by atoms with Crippen molar-refractivity contribution in [1.82, 2.24) is 0 Å². The Hall–Kier alpha value is -5.24. The summed E-state index contributed by atoms with van der Waals surface area (Å²) in [4.78, 5) is 47.5. The van der Waals surface area contributed by atoms with Crippen LogP contribution in [0.15, 0.2) is 84.9 Å². The van der Waals surface area contributed by atoms with Crippen molar-refractivity contribution in [2.45, 2.75) is 0 Å². The molecule has 0 aliphatic carbocycles. The first-order chi connectivity index (χ1) is 17.2. The highest BCUT2D eigenvalue weighted by atomic mass is 16.4. The van der Waals surface area contributed by atoms with E-state index in [1.807, 2.05) is 36.4 Å². The van der Waals surface area contributed by atoms with Gasteiger partial charge in [-0.2, -0.15) is 0 Å². The van der Waals surface area contributed by atoms with Crippen LogP contribution in [0.4, 0.5) is 0 Å². The topological polar surface area (TPSA) is 149 Å². The monoisotopic (exact) mass is 482 g/mol. The largest absolute Gasteiger partial charge is 0.478 e. The van der Waals surface area contributed by atoms with Crippen LogP contribution in [0.25, 0.3) is 33.4 Å². The molecule has 0 heterocycles. The highest BCUT2D eigenvalue weighted by Gasteiger charge is 2.23. The van der Waals surface area contributed by atoms with Crippen LogP contribution < -0.4 is 0 Å². The predicted octanol–water partition coefficient (Wildman–Crippen LogP) is 5.48. The normalized spacial score (nSPS) is 10.6. The molecule has 0 aliphatic rings. The smallest absolute Gasteiger partial charge is 0.336 e. The summed E-state index contributed by atoms with van der Waals surface area (Å²) in [7, 11) is 0. The molecule has 4 aromatic rings. The lowest BCUT2D eigenvalue weighted by atomic mass is 9.86. The first-order valence-electron chi connectivity index (χ1n) is 10.6. The lowest BCUT2D eigenvalue weighted by Crippen LogP contribution is -2.08. The van der Waals surface area contributed by atoms with Crippen LogP contribution in [0.2, 0.25) is 0 Å². The molecule has 8 nitrogen and oxygen atoms in total. The van der Waals surface area contributed by atoms with E-state index in [1.165, 1.54) is 18.2 Å². The number of hydrogen-bond acceptors (Lipinski definition) is 4. The van der Waals surface area contributed by atoms with E-state index >= 15 is 0 Å². The second kappa shape index (κ2) is 9.55. The lowest BCUT2D eigenvalue weighted by Gasteiger charge is -2.17. The van der Waals surface area contributed by atoms with Gasteiger partial charge < -0.3 is 20.4 Å². The number of benzene rings is 4. The zero-order chi connectivity index (χ0) is 26.0. The molecule has 0 unspecified atom stereocenters. The third-order valence-corrected chi connectivity index (χ3v) is 5.61. The highest BCUT2D eigenvalue weighted by Crippen LogP contribution is 2.39. The molecule has 4 rings (SSSR count). The maximum atomic E-state index is 12.3. The van der Waals surface area contributed by atoms with E-state index in [4.69, 9.17) is 0 Å². The van der Waals surface area contributed by atoms with Gasteiger partial charge >= 0.3 is 23.9 Å². The Morgan fingerprint density at radius 2 is 0.972 bits per heavy atom. The Bertz CT molecular complexity index is 1500. The third-order valence-electron chi connectivity index (χ3n) is 5.61. The van der Waals surface area contributed by atoms with Crippen molar-refractivity contribution in [3.8, 4) is 33.4 Å². The zero-order valence-electron chi connectivity index (χ0n) is 18.5. The molecular formula is C28H18O8. The van der Waals surface area contributed by atoms with Gasteiger partial charge in [-0.1, -0.05) is 48.5 Å². The van der Waals surface area contributed by atoms with Gasteiger partial charge in [0.2, 0.25) is 0 Å². The Morgan fingerprint density at radius 1 is 0.444 bits per heavy atom. The second-order valence-electron chi connectivity index (χ2n) is 7.91. The molecule has 4 aromatic carbocycles. The zero-order valence-corrected chi connectivity index (χ0v) is 18.5. The van der Waals surface area contributed by atoms with Gasteiger partial charge in [0.15, 0.2) is 0 Å². The van der Waals surface area contributed by atoms with Crippen molar-refractivity contribution < 1.29 is 39.6 Å². The van der Waals surface area contributed by atoms with Crippen LogP contribution >= 0.6 is 0 Å². The van der Waals surface area contributed by atoms with Gasteiger partial charge in [-0.25, -0.2) is 19.2 Å². The molecule has 0 aromatic heterocycles. The van der Waals surface area contributed by atoms with E-state index in [1.54, 1.807) is 18.2 Å². The summed E-state index contributed by atoms with van der Waals surface area (Å²) in [5, 5.41) is 38.6. The highest BCUT2D eigenvalue weighted by molar-refractivity contribution is 6.06. The van der Waals surface area contributed by atoms with Crippen LogP contribution in [0, 0.1) is 0 Å². The minimum absolute atomic E-state index is 0.0537. The summed E-state index contributed by atoms with van der Waals surface area (Å²) in [5.41, 5.74) is 0.960.